The van der Waals surface area contributed by atoms with Crippen LogP contribution in [0.15, 0.2) is 114 Å². The SMILES string of the molecule is COc1cc(/C=N/NC(=O)c2ccc(-c3csc(Nc4ccccc4)n3)cc2)ccc1OCC(=O)Nc1ccccc1. The van der Waals surface area contributed by atoms with E-state index in [1.54, 1.807) is 42.5 Å². The van der Waals surface area contributed by atoms with E-state index < -0.39 is 0 Å². The van der Waals surface area contributed by atoms with Crippen LogP contribution in [0.3, 0.4) is 0 Å². The molecule has 2 amide bonds. The molecule has 0 aliphatic rings. The van der Waals surface area contributed by atoms with Gasteiger partial charge in [-0.2, -0.15) is 5.10 Å². The summed E-state index contributed by atoms with van der Waals surface area (Å²) < 4.78 is 11.0. The molecule has 0 aliphatic carbocycles. The number of para-hydroxylation sites is 2. The maximum Gasteiger partial charge on any atom is 0.271 e. The van der Waals surface area contributed by atoms with Crippen LogP contribution in [0.25, 0.3) is 11.3 Å². The predicted molar refractivity (Wildman–Crippen MR) is 166 cm³/mol. The summed E-state index contributed by atoms with van der Waals surface area (Å²) >= 11 is 1.51. The van der Waals surface area contributed by atoms with Gasteiger partial charge in [-0.3, -0.25) is 9.59 Å². The van der Waals surface area contributed by atoms with Gasteiger partial charge in [-0.1, -0.05) is 48.5 Å². The minimum atomic E-state index is -0.348. The van der Waals surface area contributed by atoms with Crippen molar-refractivity contribution in [3.8, 4) is 22.8 Å². The molecule has 0 atom stereocenters. The van der Waals surface area contributed by atoms with Crippen LogP contribution in [0.5, 0.6) is 11.5 Å². The Balaban J connectivity index is 1.13. The topological polar surface area (TPSA) is 114 Å². The highest BCUT2D eigenvalue weighted by Gasteiger charge is 2.10. The van der Waals surface area contributed by atoms with Gasteiger partial charge in [-0.25, -0.2) is 10.4 Å². The molecule has 5 rings (SSSR count). The largest absolute Gasteiger partial charge is 0.493 e. The number of hydrazone groups is 1. The minimum Gasteiger partial charge on any atom is -0.493 e. The number of methoxy groups -OCH3 is 1. The number of amides is 2. The van der Waals surface area contributed by atoms with E-state index in [2.05, 4.69) is 26.1 Å². The van der Waals surface area contributed by atoms with Gasteiger partial charge in [-0.15, -0.1) is 11.3 Å². The summed E-state index contributed by atoms with van der Waals surface area (Å²) in [7, 11) is 1.50. The molecule has 5 aromatic rings. The second-order valence-electron chi connectivity index (χ2n) is 8.92. The van der Waals surface area contributed by atoms with Gasteiger partial charge in [0, 0.05) is 27.9 Å². The number of rotatable bonds is 11. The van der Waals surface area contributed by atoms with E-state index in [1.165, 1.54) is 24.7 Å². The number of anilines is 3. The van der Waals surface area contributed by atoms with Crippen molar-refractivity contribution in [3.05, 3.63) is 120 Å². The summed E-state index contributed by atoms with van der Waals surface area (Å²) in [5.41, 5.74) is 7.05. The lowest BCUT2D eigenvalue weighted by Gasteiger charge is -2.11. The maximum absolute atomic E-state index is 12.6. The molecule has 0 spiro atoms. The van der Waals surface area contributed by atoms with Crippen LogP contribution < -0.4 is 25.5 Å². The molecule has 0 unspecified atom stereocenters. The van der Waals surface area contributed by atoms with Gasteiger partial charge in [0.2, 0.25) is 0 Å². The quantitative estimate of drug-likeness (QED) is 0.125. The number of nitrogens with one attached hydrogen (secondary N) is 3. The normalized spacial score (nSPS) is 10.7. The van der Waals surface area contributed by atoms with Crippen LogP contribution in [-0.2, 0) is 4.79 Å². The van der Waals surface area contributed by atoms with E-state index in [9.17, 15) is 9.59 Å². The molecule has 0 bridgehead atoms. The third-order valence-corrected chi connectivity index (χ3v) is 6.71. The lowest BCUT2D eigenvalue weighted by atomic mass is 10.1. The smallest absolute Gasteiger partial charge is 0.271 e. The lowest BCUT2D eigenvalue weighted by molar-refractivity contribution is -0.118. The Hall–Kier alpha value is -5.48. The Morgan fingerprint density at radius 2 is 1.60 bits per heavy atom. The molecular formula is C32H27N5O4S. The van der Waals surface area contributed by atoms with Gasteiger partial charge in [0.1, 0.15) is 0 Å². The molecule has 0 radical (unpaired) electrons. The monoisotopic (exact) mass is 577 g/mol. The van der Waals surface area contributed by atoms with Gasteiger partial charge in [0.15, 0.2) is 23.2 Å². The number of carbonyl (C=O) groups excluding carboxylic acids is 2. The van der Waals surface area contributed by atoms with Crippen molar-refractivity contribution >= 4 is 45.9 Å². The van der Waals surface area contributed by atoms with Crippen molar-refractivity contribution in [2.75, 3.05) is 24.4 Å². The third kappa shape index (κ3) is 7.58. The van der Waals surface area contributed by atoms with Gasteiger partial charge in [0.05, 0.1) is 19.0 Å². The van der Waals surface area contributed by atoms with Gasteiger partial charge in [0.25, 0.3) is 11.8 Å². The van der Waals surface area contributed by atoms with Crippen molar-refractivity contribution in [2.45, 2.75) is 0 Å². The van der Waals surface area contributed by atoms with E-state index in [4.69, 9.17) is 9.47 Å². The zero-order valence-electron chi connectivity index (χ0n) is 22.6. The highest BCUT2D eigenvalue weighted by molar-refractivity contribution is 7.14. The Morgan fingerprint density at radius 3 is 2.31 bits per heavy atom. The maximum atomic E-state index is 12.6. The highest BCUT2D eigenvalue weighted by atomic mass is 32.1. The summed E-state index contributed by atoms with van der Waals surface area (Å²) in [6.45, 7) is -0.179. The molecule has 42 heavy (non-hydrogen) atoms. The number of benzene rings is 4. The van der Waals surface area contributed by atoms with Crippen molar-refractivity contribution in [2.24, 2.45) is 5.10 Å². The molecule has 210 valence electrons. The molecule has 0 fully saturated rings. The standard InChI is InChI=1S/C32H27N5O4S/c1-40-29-18-22(12-17-28(29)41-20-30(38)34-25-8-4-2-5-9-25)19-33-37-31(39)24-15-13-23(14-16-24)27-21-42-32(36-27)35-26-10-6-3-7-11-26/h2-19,21H,20H2,1H3,(H,34,38)(H,35,36)(H,37,39)/b33-19+. The summed E-state index contributed by atoms with van der Waals surface area (Å²) in [5.74, 6) is 0.197. The van der Waals surface area contributed by atoms with E-state index in [1.807, 2.05) is 66.0 Å². The van der Waals surface area contributed by atoms with Crippen LogP contribution in [0, 0.1) is 0 Å². The van der Waals surface area contributed by atoms with Gasteiger partial charge < -0.3 is 20.1 Å². The molecule has 9 nitrogen and oxygen atoms in total. The summed E-state index contributed by atoms with van der Waals surface area (Å²) in [6.07, 6.45) is 1.50. The average molecular weight is 578 g/mol. The molecule has 4 aromatic carbocycles. The van der Waals surface area contributed by atoms with E-state index >= 15 is 0 Å². The summed E-state index contributed by atoms with van der Waals surface area (Å²) in [5, 5.41) is 12.9. The summed E-state index contributed by atoms with van der Waals surface area (Å²) in [6, 6.07) is 31.3. The zero-order chi connectivity index (χ0) is 29.1. The fourth-order valence-corrected chi connectivity index (χ4v) is 4.62. The molecule has 0 saturated carbocycles. The molecule has 3 N–H and O–H groups in total. The van der Waals surface area contributed by atoms with Crippen LogP contribution in [0.2, 0.25) is 0 Å². The molecule has 1 heterocycles. The molecule has 0 saturated heterocycles. The molecule has 10 heteroatoms. The summed E-state index contributed by atoms with van der Waals surface area (Å²) in [4.78, 5) is 29.4. The fraction of sp³-hybridized carbons (Fsp3) is 0.0625. The first-order chi connectivity index (χ1) is 20.6. The van der Waals surface area contributed by atoms with Crippen LogP contribution in [0.4, 0.5) is 16.5 Å². The van der Waals surface area contributed by atoms with Gasteiger partial charge in [-0.05, 0) is 60.2 Å². The van der Waals surface area contributed by atoms with Crippen molar-refractivity contribution < 1.29 is 19.1 Å². The number of nitrogens with zero attached hydrogens (tertiary/aromatic N) is 2. The Labute approximate surface area is 246 Å². The van der Waals surface area contributed by atoms with Crippen molar-refractivity contribution in [3.63, 3.8) is 0 Å². The zero-order valence-corrected chi connectivity index (χ0v) is 23.4. The molecule has 0 aliphatic heterocycles. The van der Waals surface area contributed by atoms with Crippen LogP contribution >= 0.6 is 11.3 Å². The first-order valence-corrected chi connectivity index (χ1v) is 13.8. The van der Waals surface area contributed by atoms with E-state index in [-0.39, 0.29) is 18.4 Å². The number of ether oxygens (including phenoxy) is 2. The predicted octanol–water partition coefficient (Wildman–Crippen LogP) is 6.34. The minimum absolute atomic E-state index is 0.179. The second kappa shape index (κ2) is 13.7. The third-order valence-electron chi connectivity index (χ3n) is 5.96. The van der Waals surface area contributed by atoms with Crippen LogP contribution in [0.1, 0.15) is 15.9 Å². The Kier molecular flexibility index (Phi) is 9.17. The average Bonchev–Trinajstić information content (AvgIpc) is 3.49. The molecular weight excluding hydrogens is 550 g/mol. The highest BCUT2D eigenvalue weighted by Crippen LogP contribution is 2.28. The fourth-order valence-electron chi connectivity index (χ4n) is 3.88. The van der Waals surface area contributed by atoms with Crippen molar-refractivity contribution in [1.82, 2.24) is 10.4 Å². The number of aromatic nitrogens is 1. The first kappa shape index (κ1) is 28.1. The number of hydrogen-bond donors (Lipinski definition) is 3. The number of hydrogen-bond acceptors (Lipinski definition) is 8. The van der Waals surface area contributed by atoms with Gasteiger partial charge >= 0.3 is 0 Å². The number of thiazole rings is 1. The second-order valence-corrected chi connectivity index (χ2v) is 9.78. The van der Waals surface area contributed by atoms with Crippen LogP contribution in [-0.4, -0.2) is 36.7 Å². The lowest BCUT2D eigenvalue weighted by Crippen LogP contribution is -2.20. The molecule has 1 aromatic heterocycles. The van der Waals surface area contributed by atoms with E-state index in [0.29, 0.717) is 28.3 Å². The Morgan fingerprint density at radius 1 is 0.881 bits per heavy atom. The van der Waals surface area contributed by atoms with E-state index in [0.717, 1.165) is 22.1 Å². The Bertz CT molecular complexity index is 1670. The van der Waals surface area contributed by atoms with Crippen molar-refractivity contribution in [1.29, 1.82) is 0 Å². The first-order valence-electron chi connectivity index (χ1n) is 12.9. The number of carbonyl (C=O) groups is 2.